The number of aromatic nitrogens is 2. The summed E-state index contributed by atoms with van der Waals surface area (Å²) < 4.78 is 5.68. The highest BCUT2D eigenvalue weighted by molar-refractivity contribution is 7.99. The van der Waals surface area contributed by atoms with Gasteiger partial charge in [0, 0.05) is 38.8 Å². The first-order valence-electron chi connectivity index (χ1n) is 7.53. The molecule has 128 valence electrons. The van der Waals surface area contributed by atoms with Crippen LogP contribution in [-0.4, -0.2) is 14.9 Å². The third-order valence-electron chi connectivity index (χ3n) is 3.60. The summed E-state index contributed by atoms with van der Waals surface area (Å²) in [7, 11) is 0. The fourth-order valence-electron chi connectivity index (χ4n) is 2.48. The molecular formula is C18H10ClN3O3S. The number of nitrogens with zero attached hydrogens (tertiary/aromatic N) is 3. The first-order valence-corrected chi connectivity index (χ1v) is 8.72. The molecule has 0 radical (unpaired) electrons. The highest BCUT2D eigenvalue weighted by atomic mass is 35.5. The van der Waals surface area contributed by atoms with Crippen LogP contribution in [0.3, 0.4) is 0 Å². The lowest BCUT2D eigenvalue weighted by atomic mass is 10.2. The standard InChI is InChI=1S/C18H10ClN3O3S/c19-12-9-15-17(16(10-12)22(23)24)25-18(21-15)11-2-1-3-14(8-11)26-13-4-6-20-7-5-13/h1-10H. The lowest BCUT2D eigenvalue weighted by Gasteiger charge is -2.02. The summed E-state index contributed by atoms with van der Waals surface area (Å²) in [6, 6.07) is 14.3. The average molecular weight is 384 g/mol. The van der Waals surface area contributed by atoms with Crippen LogP contribution in [0.15, 0.2) is 75.1 Å². The summed E-state index contributed by atoms with van der Waals surface area (Å²) in [5.74, 6) is 0.308. The van der Waals surface area contributed by atoms with Crippen molar-refractivity contribution in [2.24, 2.45) is 0 Å². The molecule has 0 aliphatic rings. The number of oxazole rings is 1. The Morgan fingerprint density at radius 1 is 1.08 bits per heavy atom. The molecule has 0 aliphatic carbocycles. The summed E-state index contributed by atoms with van der Waals surface area (Å²) in [4.78, 5) is 21.1. The first kappa shape index (κ1) is 16.6. The van der Waals surface area contributed by atoms with Gasteiger partial charge in [-0.15, -0.1) is 0 Å². The number of benzene rings is 2. The molecule has 0 atom stereocenters. The molecule has 4 rings (SSSR count). The Kier molecular flexibility index (Phi) is 4.32. The van der Waals surface area contributed by atoms with Crippen molar-refractivity contribution in [3.05, 3.63) is 76.1 Å². The predicted molar refractivity (Wildman–Crippen MR) is 99.5 cm³/mol. The van der Waals surface area contributed by atoms with Gasteiger partial charge in [0.15, 0.2) is 0 Å². The minimum absolute atomic E-state index is 0.113. The second-order valence-corrected chi connectivity index (χ2v) is 6.95. The van der Waals surface area contributed by atoms with Crippen LogP contribution in [0.1, 0.15) is 0 Å². The van der Waals surface area contributed by atoms with Crippen LogP contribution in [0.4, 0.5) is 5.69 Å². The molecule has 0 saturated carbocycles. The first-order chi connectivity index (χ1) is 12.6. The van der Waals surface area contributed by atoms with Gasteiger partial charge in [-0.25, -0.2) is 4.98 Å². The molecule has 2 heterocycles. The van der Waals surface area contributed by atoms with E-state index in [4.69, 9.17) is 16.0 Å². The van der Waals surface area contributed by atoms with Gasteiger partial charge in [-0.3, -0.25) is 15.1 Å². The second-order valence-electron chi connectivity index (χ2n) is 5.36. The van der Waals surface area contributed by atoms with Crippen molar-refractivity contribution in [2.75, 3.05) is 0 Å². The van der Waals surface area contributed by atoms with E-state index < -0.39 is 4.92 Å². The van der Waals surface area contributed by atoms with E-state index in [-0.39, 0.29) is 16.3 Å². The van der Waals surface area contributed by atoms with Crippen LogP contribution in [-0.2, 0) is 0 Å². The Bertz CT molecular complexity index is 1120. The van der Waals surface area contributed by atoms with E-state index in [9.17, 15) is 10.1 Å². The number of fused-ring (bicyclic) bond motifs is 1. The van der Waals surface area contributed by atoms with E-state index in [0.29, 0.717) is 11.4 Å². The molecule has 0 spiro atoms. The highest BCUT2D eigenvalue weighted by Gasteiger charge is 2.20. The van der Waals surface area contributed by atoms with Gasteiger partial charge in [-0.2, -0.15) is 0 Å². The Labute approximate surface area is 157 Å². The molecule has 0 N–H and O–H groups in total. The summed E-state index contributed by atoms with van der Waals surface area (Å²) in [5, 5.41) is 11.5. The Morgan fingerprint density at radius 2 is 1.88 bits per heavy atom. The lowest BCUT2D eigenvalue weighted by molar-refractivity contribution is -0.383. The average Bonchev–Trinajstić information content (AvgIpc) is 3.06. The monoisotopic (exact) mass is 383 g/mol. The van der Waals surface area contributed by atoms with E-state index in [1.54, 1.807) is 30.2 Å². The van der Waals surface area contributed by atoms with Gasteiger partial charge in [0.05, 0.1) is 4.92 Å². The third-order valence-corrected chi connectivity index (χ3v) is 4.81. The van der Waals surface area contributed by atoms with E-state index in [2.05, 4.69) is 9.97 Å². The lowest BCUT2D eigenvalue weighted by Crippen LogP contribution is -1.88. The topological polar surface area (TPSA) is 82.1 Å². The van der Waals surface area contributed by atoms with Crippen LogP contribution in [0.2, 0.25) is 5.02 Å². The second kappa shape index (κ2) is 6.78. The Balaban J connectivity index is 1.75. The van der Waals surface area contributed by atoms with Gasteiger partial charge >= 0.3 is 5.69 Å². The van der Waals surface area contributed by atoms with Crippen LogP contribution in [0.25, 0.3) is 22.6 Å². The normalized spacial score (nSPS) is 11.0. The van der Waals surface area contributed by atoms with Crippen LogP contribution < -0.4 is 0 Å². The highest BCUT2D eigenvalue weighted by Crippen LogP contribution is 2.35. The van der Waals surface area contributed by atoms with Crippen molar-refractivity contribution in [1.29, 1.82) is 0 Å². The molecule has 2 aromatic carbocycles. The molecule has 26 heavy (non-hydrogen) atoms. The minimum Gasteiger partial charge on any atom is -0.429 e. The zero-order chi connectivity index (χ0) is 18.1. The summed E-state index contributed by atoms with van der Waals surface area (Å²) in [5.41, 5.74) is 0.993. The molecule has 2 aromatic heterocycles. The van der Waals surface area contributed by atoms with Gasteiger partial charge in [0.1, 0.15) is 5.52 Å². The zero-order valence-corrected chi connectivity index (χ0v) is 14.7. The van der Waals surface area contributed by atoms with Crippen molar-refractivity contribution in [3.63, 3.8) is 0 Å². The number of nitro groups is 1. The van der Waals surface area contributed by atoms with Crippen LogP contribution in [0, 0.1) is 10.1 Å². The zero-order valence-electron chi connectivity index (χ0n) is 13.1. The molecule has 0 amide bonds. The number of halogens is 1. The van der Waals surface area contributed by atoms with E-state index in [0.717, 1.165) is 15.4 Å². The molecule has 6 nitrogen and oxygen atoms in total. The third kappa shape index (κ3) is 3.26. The quantitative estimate of drug-likeness (QED) is 0.337. The molecule has 4 aromatic rings. The van der Waals surface area contributed by atoms with Gasteiger partial charge < -0.3 is 4.42 Å². The summed E-state index contributed by atoms with van der Waals surface area (Å²) >= 11 is 7.52. The molecule has 0 bridgehead atoms. The number of hydrogen-bond acceptors (Lipinski definition) is 6. The Morgan fingerprint density at radius 3 is 2.65 bits per heavy atom. The molecule has 0 aliphatic heterocycles. The van der Waals surface area contributed by atoms with Crippen molar-refractivity contribution in [1.82, 2.24) is 9.97 Å². The Hall–Kier alpha value is -2.90. The van der Waals surface area contributed by atoms with Crippen molar-refractivity contribution < 1.29 is 9.34 Å². The minimum atomic E-state index is -0.529. The number of rotatable bonds is 4. The maximum absolute atomic E-state index is 11.2. The summed E-state index contributed by atoms with van der Waals surface area (Å²) in [6.45, 7) is 0. The van der Waals surface area contributed by atoms with Gasteiger partial charge in [0.2, 0.25) is 11.5 Å². The number of hydrogen-bond donors (Lipinski definition) is 0. The number of nitro benzene ring substituents is 1. The fraction of sp³-hybridized carbons (Fsp3) is 0. The van der Waals surface area contributed by atoms with Crippen LogP contribution >= 0.6 is 23.4 Å². The van der Waals surface area contributed by atoms with Gasteiger partial charge in [-0.05, 0) is 36.4 Å². The van der Waals surface area contributed by atoms with Gasteiger partial charge in [-0.1, -0.05) is 29.4 Å². The molecule has 0 fully saturated rings. The predicted octanol–water partition coefficient (Wildman–Crippen LogP) is 5.60. The SMILES string of the molecule is O=[N+]([O-])c1cc(Cl)cc2nc(-c3cccc(Sc4ccncc4)c3)oc12. The molecule has 0 saturated heterocycles. The summed E-state index contributed by atoms with van der Waals surface area (Å²) in [6.07, 6.45) is 3.46. The van der Waals surface area contributed by atoms with E-state index in [1.165, 1.54) is 6.07 Å². The van der Waals surface area contributed by atoms with Crippen molar-refractivity contribution in [3.8, 4) is 11.5 Å². The fourth-order valence-corrected chi connectivity index (χ4v) is 3.54. The molecule has 8 heteroatoms. The van der Waals surface area contributed by atoms with Crippen molar-refractivity contribution >= 4 is 40.1 Å². The maximum atomic E-state index is 11.2. The number of pyridine rings is 1. The largest absolute Gasteiger partial charge is 0.429 e. The number of non-ortho nitro benzene ring substituents is 1. The smallest absolute Gasteiger partial charge is 0.315 e. The van der Waals surface area contributed by atoms with Crippen LogP contribution in [0.5, 0.6) is 0 Å². The molecular weight excluding hydrogens is 374 g/mol. The molecule has 0 unspecified atom stereocenters. The van der Waals surface area contributed by atoms with E-state index in [1.807, 2.05) is 36.4 Å². The van der Waals surface area contributed by atoms with Crippen molar-refractivity contribution in [2.45, 2.75) is 9.79 Å². The van der Waals surface area contributed by atoms with E-state index >= 15 is 0 Å². The maximum Gasteiger partial charge on any atom is 0.315 e. The van der Waals surface area contributed by atoms with Gasteiger partial charge in [0.25, 0.3) is 0 Å².